The molecule has 0 saturated heterocycles. The first kappa shape index (κ1) is 17.5. The monoisotopic (exact) mass is 375 g/mol. The molecule has 0 aliphatic rings. The van der Waals surface area contributed by atoms with Crippen LogP contribution < -0.4 is 11.1 Å². The molecule has 0 bridgehead atoms. The first-order valence-corrected chi connectivity index (χ1v) is 9.96. The average molecular weight is 375 g/mol. The molecule has 0 radical (unpaired) electrons. The Kier molecular flexibility index (Phi) is 4.77. The molecule has 2 heterocycles. The predicted octanol–water partition coefficient (Wildman–Crippen LogP) is 5.63. The lowest BCUT2D eigenvalue weighted by Crippen LogP contribution is -2.12. The number of pyridine rings is 1. The third kappa shape index (κ3) is 3.38. The second-order valence-electron chi connectivity index (χ2n) is 6.58. The van der Waals surface area contributed by atoms with Gasteiger partial charge in [0.25, 0.3) is 5.91 Å². The van der Waals surface area contributed by atoms with Crippen molar-refractivity contribution in [2.24, 2.45) is 0 Å². The van der Waals surface area contributed by atoms with Gasteiger partial charge in [0, 0.05) is 22.2 Å². The van der Waals surface area contributed by atoms with Crippen LogP contribution in [0.4, 0.5) is 11.4 Å². The van der Waals surface area contributed by atoms with Gasteiger partial charge in [-0.1, -0.05) is 49.7 Å². The van der Waals surface area contributed by atoms with Gasteiger partial charge in [-0.3, -0.25) is 4.79 Å². The number of anilines is 2. The van der Waals surface area contributed by atoms with E-state index in [9.17, 15) is 4.79 Å². The lowest BCUT2D eigenvalue weighted by Gasteiger charge is -2.08. The van der Waals surface area contributed by atoms with Crippen molar-refractivity contribution in [3.05, 3.63) is 65.2 Å². The Morgan fingerprint density at radius 2 is 1.89 bits per heavy atom. The molecule has 5 heteroatoms. The molecule has 3 N–H and O–H groups in total. The number of nitrogens with two attached hydrogens (primary N) is 1. The Morgan fingerprint density at radius 3 is 2.74 bits per heavy atom. The van der Waals surface area contributed by atoms with Crippen LogP contribution >= 0.6 is 11.3 Å². The lowest BCUT2D eigenvalue weighted by molar-refractivity contribution is 0.103. The Hall–Kier alpha value is -2.92. The molecule has 0 fully saturated rings. The first-order valence-electron chi connectivity index (χ1n) is 9.14. The van der Waals surface area contributed by atoms with Crippen LogP contribution in [0.15, 0.2) is 54.6 Å². The van der Waals surface area contributed by atoms with Crippen molar-refractivity contribution in [1.82, 2.24) is 4.98 Å². The van der Waals surface area contributed by atoms with E-state index in [2.05, 4.69) is 12.2 Å². The maximum Gasteiger partial charge on any atom is 0.267 e. The largest absolute Gasteiger partial charge is 0.397 e. The molecule has 2 aromatic carbocycles. The van der Waals surface area contributed by atoms with Gasteiger partial charge in [-0.2, -0.15) is 0 Å². The quantitative estimate of drug-likeness (QED) is 0.475. The van der Waals surface area contributed by atoms with Gasteiger partial charge in [-0.05, 0) is 36.4 Å². The number of aryl methyl sites for hydroxylation is 1. The van der Waals surface area contributed by atoms with Crippen LogP contribution in [-0.4, -0.2) is 10.9 Å². The molecule has 0 aliphatic carbocycles. The van der Waals surface area contributed by atoms with Gasteiger partial charge in [0.05, 0.1) is 5.69 Å². The third-order valence-corrected chi connectivity index (χ3v) is 5.80. The van der Waals surface area contributed by atoms with E-state index in [-0.39, 0.29) is 5.91 Å². The van der Waals surface area contributed by atoms with Crippen molar-refractivity contribution < 1.29 is 4.79 Å². The number of hydrogen-bond donors (Lipinski definition) is 2. The number of nitrogens with one attached hydrogen (secondary N) is 1. The SMILES string of the molecule is CCCCc1ccc2c(N)c(C(=O)Nc3cccc4ccccc34)sc2n1. The van der Waals surface area contributed by atoms with E-state index in [1.54, 1.807) is 0 Å². The molecular formula is C22H21N3OS. The number of nitrogens with zero attached hydrogens (tertiary/aromatic N) is 1. The van der Waals surface area contributed by atoms with E-state index in [0.717, 1.165) is 51.6 Å². The Bertz CT molecular complexity index is 1130. The van der Waals surface area contributed by atoms with Crippen molar-refractivity contribution in [1.29, 1.82) is 0 Å². The van der Waals surface area contributed by atoms with Gasteiger partial charge < -0.3 is 11.1 Å². The lowest BCUT2D eigenvalue weighted by atomic mass is 10.1. The van der Waals surface area contributed by atoms with Crippen LogP contribution in [0.5, 0.6) is 0 Å². The second kappa shape index (κ2) is 7.37. The summed E-state index contributed by atoms with van der Waals surface area (Å²) in [6, 6.07) is 17.8. The van der Waals surface area contributed by atoms with Crippen molar-refractivity contribution in [3.63, 3.8) is 0 Å². The highest BCUT2D eigenvalue weighted by Gasteiger charge is 2.18. The van der Waals surface area contributed by atoms with Crippen LogP contribution in [0.25, 0.3) is 21.0 Å². The second-order valence-corrected chi connectivity index (χ2v) is 7.58. The van der Waals surface area contributed by atoms with Crippen molar-refractivity contribution in [2.45, 2.75) is 26.2 Å². The molecule has 0 atom stereocenters. The summed E-state index contributed by atoms with van der Waals surface area (Å²) in [6.45, 7) is 2.16. The van der Waals surface area contributed by atoms with Gasteiger partial charge in [0.15, 0.2) is 0 Å². The Labute approximate surface area is 162 Å². The fourth-order valence-electron chi connectivity index (χ4n) is 3.21. The number of amides is 1. The number of thiophene rings is 1. The molecular weight excluding hydrogens is 354 g/mol. The standard InChI is InChI=1S/C22H21N3OS/c1-2-3-9-15-12-13-17-19(23)20(27-22(17)24-15)21(26)25-18-11-6-8-14-7-4-5-10-16(14)18/h4-8,10-13H,2-3,9,23H2,1H3,(H,25,26). The topological polar surface area (TPSA) is 68.0 Å². The highest BCUT2D eigenvalue weighted by Crippen LogP contribution is 2.34. The van der Waals surface area contributed by atoms with E-state index < -0.39 is 0 Å². The molecule has 0 spiro atoms. The van der Waals surface area contributed by atoms with E-state index in [1.807, 2.05) is 54.6 Å². The van der Waals surface area contributed by atoms with Crippen molar-refractivity contribution >= 4 is 49.6 Å². The van der Waals surface area contributed by atoms with Gasteiger partial charge in [-0.15, -0.1) is 11.3 Å². The summed E-state index contributed by atoms with van der Waals surface area (Å²) in [5, 5.41) is 5.96. The zero-order valence-electron chi connectivity index (χ0n) is 15.2. The van der Waals surface area contributed by atoms with E-state index >= 15 is 0 Å². The summed E-state index contributed by atoms with van der Waals surface area (Å²) in [6.07, 6.45) is 3.18. The first-order chi connectivity index (χ1) is 13.2. The number of carbonyl (C=O) groups excluding carboxylic acids is 1. The van der Waals surface area contributed by atoms with E-state index in [0.29, 0.717) is 10.6 Å². The molecule has 4 rings (SSSR count). The number of aromatic nitrogens is 1. The minimum atomic E-state index is -0.193. The number of benzene rings is 2. The highest BCUT2D eigenvalue weighted by atomic mass is 32.1. The molecule has 27 heavy (non-hydrogen) atoms. The molecule has 2 aromatic heterocycles. The number of fused-ring (bicyclic) bond motifs is 2. The summed E-state index contributed by atoms with van der Waals surface area (Å²) < 4.78 is 0. The van der Waals surface area contributed by atoms with Gasteiger partial charge >= 0.3 is 0 Å². The zero-order chi connectivity index (χ0) is 18.8. The smallest absolute Gasteiger partial charge is 0.267 e. The summed E-state index contributed by atoms with van der Waals surface area (Å²) >= 11 is 1.36. The van der Waals surface area contributed by atoms with Crippen LogP contribution in [0.1, 0.15) is 35.1 Å². The Balaban J connectivity index is 1.67. The van der Waals surface area contributed by atoms with Crippen LogP contribution in [0.3, 0.4) is 0 Å². The summed E-state index contributed by atoms with van der Waals surface area (Å²) in [4.78, 5) is 18.9. The maximum atomic E-state index is 12.9. The summed E-state index contributed by atoms with van der Waals surface area (Å²) in [5.74, 6) is -0.193. The molecule has 136 valence electrons. The van der Waals surface area contributed by atoms with Gasteiger partial charge in [0.1, 0.15) is 9.71 Å². The molecule has 0 aliphatic heterocycles. The molecule has 0 unspecified atom stereocenters. The fraction of sp³-hybridized carbons (Fsp3) is 0.182. The number of rotatable bonds is 5. The molecule has 4 nitrogen and oxygen atoms in total. The summed E-state index contributed by atoms with van der Waals surface area (Å²) in [7, 11) is 0. The number of carbonyl (C=O) groups is 1. The number of hydrogen-bond acceptors (Lipinski definition) is 4. The minimum absolute atomic E-state index is 0.193. The third-order valence-electron chi connectivity index (χ3n) is 4.68. The van der Waals surface area contributed by atoms with E-state index in [1.165, 1.54) is 11.3 Å². The van der Waals surface area contributed by atoms with Crippen molar-refractivity contribution in [3.8, 4) is 0 Å². The van der Waals surface area contributed by atoms with Crippen molar-refractivity contribution in [2.75, 3.05) is 11.1 Å². The molecule has 4 aromatic rings. The fourth-order valence-corrected chi connectivity index (χ4v) is 4.22. The zero-order valence-corrected chi connectivity index (χ0v) is 16.0. The highest BCUT2D eigenvalue weighted by molar-refractivity contribution is 7.21. The maximum absolute atomic E-state index is 12.9. The molecule has 0 saturated carbocycles. The van der Waals surface area contributed by atoms with Gasteiger partial charge in [0.2, 0.25) is 0 Å². The molecule has 1 amide bonds. The van der Waals surface area contributed by atoms with Gasteiger partial charge in [-0.25, -0.2) is 4.98 Å². The van der Waals surface area contributed by atoms with Crippen LogP contribution in [0, 0.1) is 0 Å². The van der Waals surface area contributed by atoms with E-state index in [4.69, 9.17) is 10.7 Å². The predicted molar refractivity (Wildman–Crippen MR) is 115 cm³/mol. The Morgan fingerprint density at radius 1 is 1.07 bits per heavy atom. The normalized spacial score (nSPS) is 11.1. The van der Waals surface area contributed by atoms with Crippen LogP contribution in [-0.2, 0) is 6.42 Å². The average Bonchev–Trinajstić information content (AvgIpc) is 3.03. The number of nitrogen functional groups attached to an aromatic ring is 1. The minimum Gasteiger partial charge on any atom is -0.397 e. The van der Waals surface area contributed by atoms with Crippen LogP contribution in [0.2, 0.25) is 0 Å². The summed E-state index contributed by atoms with van der Waals surface area (Å²) in [5.41, 5.74) is 8.60. The number of unbranched alkanes of at least 4 members (excludes halogenated alkanes) is 1.